The molecule has 1 aliphatic heterocycles. The lowest BCUT2D eigenvalue weighted by Crippen LogP contribution is -2.39. The zero-order valence-corrected chi connectivity index (χ0v) is 19.4. The van der Waals surface area contributed by atoms with E-state index in [1.54, 1.807) is 6.07 Å². The number of halogens is 1. The Bertz CT molecular complexity index is 626. The Hall–Kier alpha value is -0.700. The van der Waals surface area contributed by atoms with E-state index in [2.05, 4.69) is 24.5 Å². The van der Waals surface area contributed by atoms with E-state index in [0.29, 0.717) is 4.75 Å². The van der Waals surface area contributed by atoms with E-state index in [1.807, 2.05) is 35.4 Å². The number of hydrogen-bond donors (Lipinski definition) is 2. The number of aryl methyl sites for hydroxylation is 1. The van der Waals surface area contributed by atoms with Crippen molar-refractivity contribution in [1.29, 1.82) is 0 Å². The number of aliphatic imine (C=N–C) groups is 1. The van der Waals surface area contributed by atoms with E-state index >= 15 is 0 Å². The molecule has 1 aromatic rings. The topological polar surface area (TPSA) is 58.4 Å². The molecule has 2 heterocycles. The van der Waals surface area contributed by atoms with E-state index < -0.39 is 0 Å². The summed E-state index contributed by atoms with van der Waals surface area (Å²) in [5.41, 5.74) is 1.11. The van der Waals surface area contributed by atoms with Gasteiger partial charge in [-0.25, -0.2) is 0 Å². The quantitative estimate of drug-likeness (QED) is 0.253. The first-order chi connectivity index (χ1) is 12.0. The molecular weight excluding hydrogens is 459 g/mol. The van der Waals surface area contributed by atoms with Gasteiger partial charge in [-0.2, -0.15) is 11.8 Å². The minimum atomic E-state index is 0. The molecule has 0 amide bonds. The van der Waals surface area contributed by atoms with Crippen LogP contribution in [-0.4, -0.2) is 40.7 Å². The number of guanidine groups is 1. The molecule has 1 aromatic heterocycles. The fourth-order valence-corrected chi connectivity index (χ4v) is 4.29. The van der Waals surface area contributed by atoms with Crippen molar-refractivity contribution >= 4 is 41.7 Å². The first-order valence-electron chi connectivity index (χ1n) is 9.37. The molecule has 0 radical (unpaired) electrons. The van der Waals surface area contributed by atoms with E-state index in [-0.39, 0.29) is 29.5 Å². The number of nitrogens with zero attached hydrogens (tertiary/aromatic N) is 2. The molecule has 1 atom stereocenters. The van der Waals surface area contributed by atoms with Crippen LogP contribution in [-0.2, 0) is 6.54 Å². The van der Waals surface area contributed by atoms with Gasteiger partial charge in [0.25, 0.3) is 5.56 Å². The minimum absolute atomic E-state index is 0. The molecule has 0 saturated carbocycles. The third-order valence-electron chi connectivity index (χ3n) is 4.59. The Balaban J connectivity index is 0.00000338. The number of unbranched alkanes of at least 4 members (excludes halogenated alkanes) is 1. The summed E-state index contributed by atoms with van der Waals surface area (Å²) in [7, 11) is 0. The molecule has 26 heavy (non-hydrogen) atoms. The number of nitrogens with one attached hydrogen (secondary N) is 2. The second-order valence-electron chi connectivity index (χ2n) is 6.89. The summed E-state index contributed by atoms with van der Waals surface area (Å²) >= 11 is 2.04. The Kier molecular flexibility index (Phi) is 10.7. The third kappa shape index (κ3) is 7.50. The lowest BCUT2D eigenvalue weighted by Gasteiger charge is -2.21. The van der Waals surface area contributed by atoms with Gasteiger partial charge in [0, 0.05) is 36.1 Å². The van der Waals surface area contributed by atoms with Crippen LogP contribution in [0.5, 0.6) is 0 Å². The highest BCUT2D eigenvalue weighted by atomic mass is 127. The largest absolute Gasteiger partial charge is 0.357 e. The first-order valence-corrected chi connectivity index (χ1v) is 10.4. The number of rotatable bonds is 8. The molecule has 1 unspecified atom stereocenters. The molecule has 1 saturated heterocycles. The molecule has 7 heteroatoms. The lowest BCUT2D eigenvalue weighted by atomic mass is 10.1. The predicted molar refractivity (Wildman–Crippen MR) is 124 cm³/mol. The summed E-state index contributed by atoms with van der Waals surface area (Å²) in [4.78, 5) is 16.6. The number of hydrogen-bond acceptors (Lipinski definition) is 3. The molecule has 148 valence electrons. The van der Waals surface area contributed by atoms with Crippen LogP contribution in [0.2, 0.25) is 0 Å². The van der Waals surface area contributed by atoms with Gasteiger partial charge in [-0.1, -0.05) is 6.07 Å². The van der Waals surface area contributed by atoms with Crippen LogP contribution >= 0.6 is 35.7 Å². The fraction of sp³-hybridized carbons (Fsp3) is 0.684. The molecule has 0 bridgehead atoms. The minimum Gasteiger partial charge on any atom is -0.357 e. The molecule has 0 aromatic carbocycles. The van der Waals surface area contributed by atoms with Crippen molar-refractivity contribution in [3.8, 4) is 0 Å². The van der Waals surface area contributed by atoms with Gasteiger partial charge in [0.1, 0.15) is 0 Å². The van der Waals surface area contributed by atoms with Crippen LogP contribution in [0.1, 0.15) is 45.2 Å². The predicted octanol–water partition coefficient (Wildman–Crippen LogP) is 3.40. The van der Waals surface area contributed by atoms with Crippen LogP contribution in [0, 0.1) is 6.92 Å². The van der Waals surface area contributed by atoms with Crippen molar-refractivity contribution in [3.05, 3.63) is 34.2 Å². The summed E-state index contributed by atoms with van der Waals surface area (Å²) in [5.74, 6) is 2.16. The fourth-order valence-electron chi connectivity index (χ4n) is 3.06. The summed E-state index contributed by atoms with van der Waals surface area (Å²) in [5, 5.41) is 6.74. The van der Waals surface area contributed by atoms with Gasteiger partial charge in [0.2, 0.25) is 0 Å². The number of thioether (sulfide) groups is 1. The molecule has 0 aliphatic carbocycles. The van der Waals surface area contributed by atoms with Crippen molar-refractivity contribution < 1.29 is 0 Å². The van der Waals surface area contributed by atoms with Crippen molar-refractivity contribution in [1.82, 2.24) is 15.2 Å². The van der Waals surface area contributed by atoms with Gasteiger partial charge in [-0.3, -0.25) is 9.79 Å². The Morgan fingerprint density at radius 3 is 2.81 bits per heavy atom. The maximum atomic E-state index is 11.9. The lowest BCUT2D eigenvalue weighted by molar-refractivity contribution is 0.573. The van der Waals surface area contributed by atoms with Crippen LogP contribution in [0.15, 0.2) is 28.0 Å². The standard InChI is InChI=1S/C19H32N4OS.HI/c1-4-20-18(22-15-19(3)11-8-14-25-19)21-12-5-6-13-23-16(2)9-7-10-17(23)24;/h7,9-10H,4-6,8,11-15H2,1-3H3,(H2,20,21,22);1H. The highest BCUT2D eigenvalue weighted by molar-refractivity contribution is 14.0. The zero-order chi connectivity index (χ0) is 18.1. The van der Waals surface area contributed by atoms with E-state index in [1.165, 1.54) is 18.6 Å². The van der Waals surface area contributed by atoms with Crippen molar-refractivity contribution in [3.63, 3.8) is 0 Å². The van der Waals surface area contributed by atoms with Crippen LogP contribution in [0.4, 0.5) is 0 Å². The summed E-state index contributed by atoms with van der Waals surface area (Å²) in [6.45, 7) is 9.77. The normalized spacial score (nSPS) is 19.9. The molecule has 2 N–H and O–H groups in total. The van der Waals surface area contributed by atoms with E-state index in [4.69, 9.17) is 4.99 Å². The monoisotopic (exact) mass is 492 g/mol. The van der Waals surface area contributed by atoms with E-state index in [9.17, 15) is 4.79 Å². The Labute approximate surface area is 178 Å². The zero-order valence-electron chi connectivity index (χ0n) is 16.2. The summed E-state index contributed by atoms with van der Waals surface area (Å²) < 4.78 is 2.14. The molecule has 5 nitrogen and oxygen atoms in total. The molecule has 1 fully saturated rings. The maximum absolute atomic E-state index is 11.9. The average Bonchev–Trinajstić information content (AvgIpc) is 3.01. The SMILES string of the molecule is CCNC(=NCC1(C)CCCS1)NCCCCn1c(C)cccc1=O.I. The second kappa shape index (κ2) is 11.9. The van der Waals surface area contributed by atoms with Gasteiger partial charge >= 0.3 is 0 Å². The van der Waals surface area contributed by atoms with Crippen molar-refractivity contribution in [2.24, 2.45) is 4.99 Å². The number of pyridine rings is 1. The summed E-state index contributed by atoms with van der Waals surface area (Å²) in [6, 6.07) is 5.43. The highest BCUT2D eigenvalue weighted by Crippen LogP contribution is 2.37. The molecular formula is C19H33IN4OS. The van der Waals surface area contributed by atoms with Gasteiger partial charge < -0.3 is 15.2 Å². The highest BCUT2D eigenvalue weighted by Gasteiger charge is 2.29. The number of aromatic nitrogens is 1. The molecule has 2 rings (SSSR count). The van der Waals surface area contributed by atoms with Crippen molar-refractivity contribution in [2.75, 3.05) is 25.4 Å². The van der Waals surface area contributed by atoms with Gasteiger partial charge in [0.15, 0.2) is 5.96 Å². The second-order valence-corrected chi connectivity index (χ2v) is 8.57. The van der Waals surface area contributed by atoms with E-state index in [0.717, 1.165) is 50.7 Å². The smallest absolute Gasteiger partial charge is 0.250 e. The van der Waals surface area contributed by atoms with Crippen LogP contribution in [0.25, 0.3) is 0 Å². The van der Waals surface area contributed by atoms with Crippen LogP contribution in [0.3, 0.4) is 0 Å². The Morgan fingerprint density at radius 2 is 2.15 bits per heavy atom. The van der Waals surface area contributed by atoms with Crippen molar-refractivity contribution in [2.45, 2.75) is 57.7 Å². The van der Waals surface area contributed by atoms with Gasteiger partial charge in [-0.05, 0) is 58.3 Å². The Morgan fingerprint density at radius 1 is 1.35 bits per heavy atom. The summed E-state index contributed by atoms with van der Waals surface area (Å²) in [6.07, 6.45) is 4.55. The van der Waals surface area contributed by atoms with Crippen LogP contribution < -0.4 is 16.2 Å². The average molecular weight is 492 g/mol. The third-order valence-corrected chi connectivity index (χ3v) is 6.11. The van der Waals surface area contributed by atoms with Gasteiger partial charge in [-0.15, -0.1) is 24.0 Å². The molecule has 1 aliphatic rings. The maximum Gasteiger partial charge on any atom is 0.250 e. The molecule has 0 spiro atoms. The first kappa shape index (κ1) is 23.3. The van der Waals surface area contributed by atoms with Gasteiger partial charge in [0.05, 0.1) is 6.54 Å².